The fourth-order valence-corrected chi connectivity index (χ4v) is 1.05. The van der Waals surface area contributed by atoms with E-state index in [0.717, 1.165) is 0 Å². The summed E-state index contributed by atoms with van der Waals surface area (Å²) in [4.78, 5) is 19.6. The number of hydrogen-bond acceptors (Lipinski definition) is 6. The lowest BCUT2D eigenvalue weighted by molar-refractivity contribution is -0.402. The summed E-state index contributed by atoms with van der Waals surface area (Å²) in [7, 11) is 0. The van der Waals surface area contributed by atoms with Gasteiger partial charge >= 0.3 is 5.84 Å². The molecule has 1 rings (SSSR count). The number of carbonyl (C=O) groups excluding carboxylic acids is 1. The van der Waals surface area contributed by atoms with E-state index in [1.165, 1.54) is 0 Å². The molecule has 0 aliphatic carbocycles. The van der Waals surface area contributed by atoms with Gasteiger partial charge in [-0.3, -0.25) is 15.9 Å². The van der Waals surface area contributed by atoms with Gasteiger partial charge in [-0.25, -0.2) is 0 Å². The number of carbonyl (C=O) groups is 1. The number of hydrogen-bond donors (Lipinski definition) is 2. The molecule has 0 bridgehead atoms. The summed E-state index contributed by atoms with van der Waals surface area (Å²) in [5, 5.41) is 27.4. The predicted molar refractivity (Wildman–Crippen MR) is 53.5 cm³/mol. The molecule has 16 heavy (non-hydrogen) atoms. The van der Waals surface area contributed by atoms with Crippen molar-refractivity contribution in [3.8, 4) is 0 Å². The molecule has 0 aromatic heterocycles. The van der Waals surface area contributed by atoms with E-state index in [9.17, 15) is 4.79 Å². The van der Waals surface area contributed by atoms with Crippen molar-refractivity contribution in [1.82, 2.24) is 0 Å². The SMILES string of the molecule is CC1=CC(C)(C(=O)C(N)=[NH2+])N=N1.O=[N+]([O-])[O-]. The molecule has 88 valence electrons. The Balaban J connectivity index is 0.000000487. The number of Topliss-reactive ketones (excluding diaryl/α,β-unsaturated/α-hetero) is 1. The highest BCUT2D eigenvalue weighted by molar-refractivity contribution is 6.39. The van der Waals surface area contributed by atoms with E-state index >= 15 is 0 Å². The second kappa shape index (κ2) is 4.96. The van der Waals surface area contributed by atoms with Crippen LogP contribution in [0.3, 0.4) is 0 Å². The third-order valence-corrected chi connectivity index (χ3v) is 1.63. The molecule has 0 amide bonds. The Labute approximate surface area is 90.3 Å². The first kappa shape index (κ1) is 13.7. The first-order valence-corrected chi connectivity index (χ1v) is 4.05. The van der Waals surface area contributed by atoms with Crippen molar-refractivity contribution >= 4 is 11.6 Å². The minimum atomic E-state index is -1.75. The fraction of sp³-hybridized carbons (Fsp3) is 0.429. The molecule has 1 aliphatic rings. The summed E-state index contributed by atoms with van der Waals surface area (Å²) in [6.45, 7) is 3.38. The van der Waals surface area contributed by atoms with Crippen LogP contribution in [0.4, 0.5) is 0 Å². The van der Waals surface area contributed by atoms with Crippen LogP contribution in [0.5, 0.6) is 0 Å². The normalized spacial score (nSPS) is 21.8. The summed E-state index contributed by atoms with van der Waals surface area (Å²) in [5.74, 6) is -0.634. The van der Waals surface area contributed by atoms with Crippen LogP contribution in [-0.4, -0.2) is 22.2 Å². The van der Waals surface area contributed by atoms with Gasteiger partial charge in [0.1, 0.15) is 0 Å². The molecule has 1 aliphatic heterocycles. The minimum Gasteiger partial charge on any atom is -0.356 e. The van der Waals surface area contributed by atoms with Crippen LogP contribution in [0, 0.1) is 15.3 Å². The second-order valence-electron chi connectivity index (χ2n) is 3.14. The maximum Gasteiger partial charge on any atom is 0.310 e. The van der Waals surface area contributed by atoms with Gasteiger partial charge in [0.25, 0.3) is 5.78 Å². The van der Waals surface area contributed by atoms with Gasteiger partial charge in [-0.1, -0.05) is 0 Å². The summed E-state index contributed by atoms with van der Waals surface area (Å²) >= 11 is 0. The van der Waals surface area contributed by atoms with Crippen LogP contribution in [0.2, 0.25) is 0 Å². The number of nitrogens with zero attached hydrogens (tertiary/aromatic N) is 3. The lowest BCUT2D eigenvalue weighted by atomic mass is 9.96. The molecule has 0 aromatic carbocycles. The van der Waals surface area contributed by atoms with Crippen LogP contribution < -0.4 is 11.1 Å². The molecular formula is C7H11N5O4. The fourth-order valence-electron chi connectivity index (χ4n) is 1.05. The highest BCUT2D eigenvalue weighted by Gasteiger charge is 2.38. The van der Waals surface area contributed by atoms with Gasteiger partial charge in [0.2, 0.25) is 0 Å². The smallest absolute Gasteiger partial charge is 0.310 e. The number of nitrogens with two attached hydrogens (primary N) is 2. The quantitative estimate of drug-likeness (QED) is 0.256. The average molecular weight is 229 g/mol. The maximum absolute atomic E-state index is 11.3. The van der Waals surface area contributed by atoms with E-state index in [4.69, 9.17) is 26.5 Å². The number of ketones is 1. The zero-order valence-electron chi connectivity index (χ0n) is 8.71. The van der Waals surface area contributed by atoms with E-state index in [-0.39, 0.29) is 5.84 Å². The highest BCUT2D eigenvalue weighted by Crippen LogP contribution is 2.23. The summed E-state index contributed by atoms with van der Waals surface area (Å²) in [6, 6.07) is 0. The number of rotatable bonds is 2. The number of amidine groups is 1. The van der Waals surface area contributed by atoms with Crippen molar-refractivity contribution in [3.05, 3.63) is 27.1 Å². The van der Waals surface area contributed by atoms with Crippen LogP contribution in [-0.2, 0) is 4.79 Å². The van der Waals surface area contributed by atoms with Crippen LogP contribution in [0.15, 0.2) is 22.0 Å². The Morgan fingerprint density at radius 1 is 1.62 bits per heavy atom. The second-order valence-corrected chi connectivity index (χ2v) is 3.14. The van der Waals surface area contributed by atoms with Crippen molar-refractivity contribution in [1.29, 1.82) is 0 Å². The molecule has 4 N–H and O–H groups in total. The molecule has 1 unspecified atom stereocenters. The Bertz CT molecular complexity index is 384. The average Bonchev–Trinajstić information content (AvgIpc) is 2.45. The van der Waals surface area contributed by atoms with Gasteiger partial charge < -0.3 is 15.3 Å². The molecule has 9 nitrogen and oxygen atoms in total. The third kappa shape index (κ3) is 3.82. The molecule has 0 aromatic rings. The number of allylic oxidation sites excluding steroid dienone is 1. The predicted octanol–water partition coefficient (Wildman–Crippen LogP) is -1.44. The minimum absolute atomic E-state index is 0.234. The van der Waals surface area contributed by atoms with Crippen molar-refractivity contribution in [2.45, 2.75) is 19.4 Å². The topological polar surface area (TPSA) is 160 Å². The maximum atomic E-state index is 11.3. The Morgan fingerprint density at radius 2 is 2.06 bits per heavy atom. The molecule has 1 heterocycles. The molecule has 0 spiro atoms. The van der Waals surface area contributed by atoms with E-state index in [1.807, 2.05) is 0 Å². The molecule has 0 saturated carbocycles. The third-order valence-electron chi connectivity index (χ3n) is 1.63. The van der Waals surface area contributed by atoms with Gasteiger partial charge in [0.15, 0.2) is 5.54 Å². The molecule has 0 saturated heterocycles. The van der Waals surface area contributed by atoms with Crippen molar-refractivity contribution in [2.24, 2.45) is 16.0 Å². The van der Waals surface area contributed by atoms with Crippen molar-refractivity contribution in [2.75, 3.05) is 0 Å². The Morgan fingerprint density at radius 3 is 2.31 bits per heavy atom. The first-order chi connectivity index (χ1) is 7.19. The molecule has 9 heteroatoms. The van der Waals surface area contributed by atoms with Gasteiger partial charge in [-0.2, -0.15) is 10.2 Å². The van der Waals surface area contributed by atoms with Crippen molar-refractivity contribution < 1.29 is 15.3 Å². The van der Waals surface area contributed by atoms with Crippen molar-refractivity contribution in [3.63, 3.8) is 0 Å². The van der Waals surface area contributed by atoms with Crippen LogP contribution in [0.25, 0.3) is 0 Å². The molecule has 0 fully saturated rings. The standard InChI is InChI=1S/C7H10N4O.NO3/c1-4-3-7(2,11-10-4)5(12)6(8)9;2-1(3)4/h3H,1-2H3,(H3,8,9);/q;-1/p+1. The van der Waals surface area contributed by atoms with Crippen LogP contribution in [0.1, 0.15) is 13.8 Å². The van der Waals surface area contributed by atoms with Gasteiger partial charge in [0.05, 0.1) is 10.8 Å². The van der Waals surface area contributed by atoms with E-state index in [2.05, 4.69) is 10.2 Å². The number of azo groups is 1. The molecule has 1 atom stereocenters. The Hall–Kier alpha value is -2.32. The van der Waals surface area contributed by atoms with E-state index in [1.54, 1.807) is 19.9 Å². The highest BCUT2D eigenvalue weighted by atomic mass is 16.9. The monoisotopic (exact) mass is 229 g/mol. The summed E-state index contributed by atoms with van der Waals surface area (Å²) in [5.41, 5.74) is 4.88. The summed E-state index contributed by atoms with van der Waals surface area (Å²) < 4.78 is 0. The van der Waals surface area contributed by atoms with Gasteiger partial charge in [0, 0.05) is 0 Å². The summed E-state index contributed by atoms with van der Waals surface area (Å²) in [6.07, 6.45) is 1.63. The zero-order valence-corrected chi connectivity index (χ0v) is 8.71. The van der Waals surface area contributed by atoms with Gasteiger partial charge in [-0.15, -0.1) is 0 Å². The van der Waals surface area contributed by atoms with E-state index in [0.29, 0.717) is 5.70 Å². The first-order valence-electron chi connectivity index (χ1n) is 4.05. The van der Waals surface area contributed by atoms with E-state index < -0.39 is 16.4 Å². The Kier molecular flexibility index (Phi) is 4.24. The lowest BCUT2D eigenvalue weighted by Gasteiger charge is -2.10. The largest absolute Gasteiger partial charge is 0.356 e. The molecular weight excluding hydrogens is 218 g/mol. The van der Waals surface area contributed by atoms with Crippen LogP contribution >= 0.6 is 0 Å². The lowest BCUT2D eigenvalue weighted by Crippen LogP contribution is -2.56. The van der Waals surface area contributed by atoms with Gasteiger partial charge in [-0.05, 0) is 19.9 Å². The molecule has 0 radical (unpaired) electrons. The zero-order chi connectivity index (χ0) is 12.9.